The maximum atomic E-state index is 11.6. The Morgan fingerprint density at radius 2 is 1.50 bits per heavy atom. The van der Waals surface area contributed by atoms with Gasteiger partial charge in [-0.1, -0.05) is 45.1 Å². The van der Waals surface area contributed by atoms with Crippen molar-refractivity contribution in [3.63, 3.8) is 0 Å². The summed E-state index contributed by atoms with van der Waals surface area (Å²) in [5.41, 5.74) is 0. The van der Waals surface area contributed by atoms with Crippen LogP contribution in [0.3, 0.4) is 0 Å². The molecule has 0 fully saturated rings. The average molecular weight is 208 g/mol. The molecule has 0 radical (unpaired) electrons. The molecule has 0 saturated carbocycles. The van der Waals surface area contributed by atoms with Gasteiger partial charge >= 0.3 is 6.18 Å². The molecule has 0 aliphatic heterocycles. The van der Waals surface area contributed by atoms with Crippen molar-refractivity contribution >= 4 is 0 Å². The van der Waals surface area contributed by atoms with Crippen LogP contribution in [0.4, 0.5) is 13.2 Å². The minimum Gasteiger partial charge on any atom is -0.167 e. The third-order valence-electron chi connectivity index (χ3n) is 2.03. The quantitative estimate of drug-likeness (QED) is 0.414. The maximum Gasteiger partial charge on any atom is 0.409 e. The Morgan fingerprint density at radius 3 is 2.07 bits per heavy atom. The minimum absolute atomic E-state index is 0.332. The van der Waals surface area contributed by atoms with Crippen molar-refractivity contribution in [1.82, 2.24) is 0 Å². The fourth-order valence-electron chi connectivity index (χ4n) is 1.26. The Kier molecular flexibility index (Phi) is 7.63. The van der Waals surface area contributed by atoms with E-state index in [2.05, 4.69) is 6.92 Å². The molecule has 0 amide bonds. The van der Waals surface area contributed by atoms with Crippen molar-refractivity contribution in [1.29, 1.82) is 0 Å². The third kappa shape index (κ3) is 11.5. The van der Waals surface area contributed by atoms with Gasteiger partial charge in [0.05, 0.1) is 0 Å². The fraction of sp³-hybridized carbons (Fsp3) is 0.818. The molecule has 0 aromatic carbocycles. The van der Waals surface area contributed by atoms with Crippen LogP contribution in [0.15, 0.2) is 12.2 Å². The van der Waals surface area contributed by atoms with E-state index in [1.807, 2.05) is 0 Å². The lowest BCUT2D eigenvalue weighted by Crippen LogP contribution is -2.00. The second-order valence-corrected chi connectivity index (χ2v) is 3.50. The first-order valence-corrected chi connectivity index (χ1v) is 5.30. The van der Waals surface area contributed by atoms with Gasteiger partial charge in [-0.25, -0.2) is 0 Å². The molecule has 0 aromatic heterocycles. The van der Waals surface area contributed by atoms with E-state index >= 15 is 0 Å². The highest BCUT2D eigenvalue weighted by Gasteiger charge is 2.21. The van der Waals surface area contributed by atoms with Gasteiger partial charge in [-0.15, -0.1) is 0 Å². The zero-order chi connectivity index (χ0) is 10.9. The van der Waals surface area contributed by atoms with E-state index in [9.17, 15) is 13.2 Å². The van der Waals surface area contributed by atoms with Crippen molar-refractivity contribution < 1.29 is 13.2 Å². The number of rotatable bonds is 7. The average Bonchev–Trinajstić information content (AvgIpc) is 2.08. The summed E-state index contributed by atoms with van der Waals surface area (Å²) in [4.78, 5) is 0. The van der Waals surface area contributed by atoms with Crippen LogP contribution in [0.5, 0.6) is 0 Å². The first-order chi connectivity index (χ1) is 6.56. The number of hydrogen-bond donors (Lipinski definition) is 0. The van der Waals surface area contributed by atoms with Crippen molar-refractivity contribution in [3.8, 4) is 0 Å². The van der Waals surface area contributed by atoms with E-state index < -0.39 is 6.18 Å². The maximum absolute atomic E-state index is 11.6. The van der Waals surface area contributed by atoms with Crippen LogP contribution in [-0.2, 0) is 0 Å². The highest BCUT2D eigenvalue weighted by atomic mass is 19.4. The Bertz CT molecular complexity index is 147. The summed E-state index contributed by atoms with van der Waals surface area (Å²) in [5, 5.41) is 0. The monoisotopic (exact) mass is 208 g/mol. The fourth-order valence-corrected chi connectivity index (χ4v) is 1.26. The van der Waals surface area contributed by atoms with Crippen molar-refractivity contribution in [2.24, 2.45) is 0 Å². The summed E-state index contributed by atoms with van der Waals surface area (Å²) in [6.45, 7) is 2.14. The summed E-state index contributed by atoms with van der Waals surface area (Å²) in [5.74, 6) is 0. The topological polar surface area (TPSA) is 0 Å². The Hall–Kier alpha value is -0.470. The van der Waals surface area contributed by atoms with Crippen LogP contribution >= 0.6 is 0 Å². The second kappa shape index (κ2) is 7.89. The number of unbranched alkanes of at least 4 members (excludes halogenated alkanes) is 6. The van der Waals surface area contributed by atoms with Crippen LogP contribution in [-0.4, -0.2) is 6.18 Å². The summed E-state index contributed by atoms with van der Waals surface area (Å²) < 4.78 is 34.9. The zero-order valence-electron chi connectivity index (χ0n) is 8.74. The highest BCUT2D eigenvalue weighted by molar-refractivity contribution is 4.88. The third-order valence-corrected chi connectivity index (χ3v) is 2.03. The number of hydrogen-bond acceptors (Lipinski definition) is 0. The lowest BCUT2D eigenvalue weighted by Gasteiger charge is -1.99. The molecule has 0 bridgehead atoms. The van der Waals surface area contributed by atoms with Crippen molar-refractivity contribution in [3.05, 3.63) is 12.2 Å². The molecule has 0 saturated heterocycles. The van der Waals surface area contributed by atoms with E-state index in [-0.39, 0.29) is 0 Å². The van der Waals surface area contributed by atoms with Gasteiger partial charge in [0.15, 0.2) is 0 Å². The van der Waals surface area contributed by atoms with Gasteiger partial charge in [-0.3, -0.25) is 0 Å². The van der Waals surface area contributed by atoms with E-state index in [0.29, 0.717) is 12.5 Å². The highest BCUT2D eigenvalue weighted by Crippen LogP contribution is 2.17. The van der Waals surface area contributed by atoms with Crippen LogP contribution in [0.25, 0.3) is 0 Å². The molecule has 0 aliphatic carbocycles. The molecular formula is C11H19F3. The predicted molar refractivity (Wildman–Crippen MR) is 53.2 cm³/mol. The van der Waals surface area contributed by atoms with Gasteiger partial charge in [0.25, 0.3) is 0 Å². The lowest BCUT2D eigenvalue weighted by atomic mass is 10.1. The van der Waals surface area contributed by atoms with Gasteiger partial charge in [0.2, 0.25) is 0 Å². The van der Waals surface area contributed by atoms with E-state index in [1.165, 1.54) is 25.3 Å². The molecule has 0 unspecified atom stereocenters. The van der Waals surface area contributed by atoms with E-state index in [4.69, 9.17) is 0 Å². The van der Waals surface area contributed by atoms with Crippen LogP contribution < -0.4 is 0 Å². The predicted octanol–water partition coefficient (Wildman–Crippen LogP) is 4.86. The number of alkyl halides is 3. The molecule has 3 heteroatoms. The Labute approximate surface area is 84.2 Å². The van der Waals surface area contributed by atoms with Crippen molar-refractivity contribution in [2.75, 3.05) is 0 Å². The molecule has 0 N–H and O–H groups in total. The first-order valence-electron chi connectivity index (χ1n) is 5.30. The van der Waals surface area contributed by atoms with Crippen LogP contribution in [0.2, 0.25) is 0 Å². The number of allylic oxidation sites excluding steroid dienone is 2. The SMILES string of the molecule is CCCCCCCC/C=C\C(F)(F)F. The lowest BCUT2D eigenvalue weighted by molar-refractivity contribution is -0.0800. The van der Waals surface area contributed by atoms with Crippen LogP contribution in [0.1, 0.15) is 51.9 Å². The summed E-state index contributed by atoms with van der Waals surface area (Å²) in [6.07, 6.45) is 4.67. The Morgan fingerprint density at radius 1 is 0.929 bits per heavy atom. The minimum atomic E-state index is -4.14. The molecule has 0 atom stereocenters. The largest absolute Gasteiger partial charge is 0.409 e. The van der Waals surface area contributed by atoms with E-state index in [0.717, 1.165) is 19.3 Å². The molecule has 84 valence electrons. The van der Waals surface area contributed by atoms with Crippen molar-refractivity contribution in [2.45, 2.75) is 58.0 Å². The van der Waals surface area contributed by atoms with E-state index in [1.54, 1.807) is 0 Å². The summed E-state index contributed by atoms with van der Waals surface area (Å²) in [7, 11) is 0. The van der Waals surface area contributed by atoms with Gasteiger partial charge < -0.3 is 0 Å². The standard InChI is InChI=1S/C11H19F3/c1-2-3-4-5-6-7-8-9-10-11(12,13)14/h9-10H,2-8H2,1H3/b10-9-. The molecule has 0 nitrogen and oxygen atoms in total. The van der Waals surface area contributed by atoms with Gasteiger partial charge in [-0.05, 0) is 12.8 Å². The molecule has 0 aliphatic rings. The van der Waals surface area contributed by atoms with Gasteiger partial charge in [0, 0.05) is 6.08 Å². The molecule has 0 heterocycles. The summed E-state index contributed by atoms with van der Waals surface area (Å²) >= 11 is 0. The van der Waals surface area contributed by atoms with Gasteiger partial charge in [-0.2, -0.15) is 13.2 Å². The first kappa shape index (κ1) is 13.5. The smallest absolute Gasteiger partial charge is 0.167 e. The molecule has 0 rings (SSSR count). The molecule has 0 aromatic rings. The van der Waals surface area contributed by atoms with Crippen LogP contribution in [0, 0.1) is 0 Å². The Balaban J connectivity index is 3.17. The number of halogens is 3. The molecule has 0 spiro atoms. The molecule has 14 heavy (non-hydrogen) atoms. The van der Waals surface area contributed by atoms with Gasteiger partial charge in [0.1, 0.15) is 0 Å². The zero-order valence-corrected chi connectivity index (χ0v) is 8.74. The second-order valence-electron chi connectivity index (χ2n) is 3.50. The normalized spacial score (nSPS) is 12.6. The molecular weight excluding hydrogens is 189 g/mol. The summed E-state index contributed by atoms with van der Waals surface area (Å²) in [6, 6.07) is 0.